The van der Waals surface area contributed by atoms with Crippen molar-refractivity contribution in [3.05, 3.63) is 58.3 Å². The number of esters is 1. The van der Waals surface area contributed by atoms with Gasteiger partial charge in [-0.15, -0.1) is 11.8 Å². The van der Waals surface area contributed by atoms with E-state index in [-0.39, 0.29) is 11.4 Å². The highest BCUT2D eigenvalue weighted by Crippen LogP contribution is 2.29. The molecular weight excluding hydrogens is 376 g/mol. The van der Waals surface area contributed by atoms with Gasteiger partial charge in [-0.05, 0) is 36.4 Å². The second kappa shape index (κ2) is 8.92. The van der Waals surface area contributed by atoms with Crippen LogP contribution in [-0.4, -0.2) is 24.2 Å². The van der Waals surface area contributed by atoms with Crippen molar-refractivity contribution in [3.63, 3.8) is 0 Å². The standard InChI is InChI=1S/C16H12Cl2FNO3S/c17-10-4-5-13(18)14(6-10)24-9-16(22)23-8-15(21)20-12-3-1-2-11(19)7-12/h1-7H,8-9H2,(H,20,21). The fourth-order valence-electron chi connectivity index (χ4n) is 1.68. The van der Waals surface area contributed by atoms with Gasteiger partial charge >= 0.3 is 5.97 Å². The molecule has 0 saturated carbocycles. The predicted octanol–water partition coefficient (Wildman–Crippen LogP) is 4.41. The summed E-state index contributed by atoms with van der Waals surface area (Å²) in [6.07, 6.45) is 0. The third-order valence-corrected chi connectivity index (χ3v) is 4.42. The highest BCUT2D eigenvalue weighted by atomic mass is 35.5. The zero-order valence-electron chi connectivity index (χ0n) is 12.2. The van der Waals surface area contributed by atoms with Gasteiger partial charge in [-0.2, -0.15) is 0 Å². The first kappa shape index (κ1) is 18.6. The lowest BCUT2D eigenvalue weighted by Gasteiger charge is -2.07. The van der Waals surface area contributed by atoms with Gasteiger partial charge in [0.25, 0.3) is 5.91 Å². The molecule has 0 aliphatic carbocycles. The van der Waals surface area contributed by atoms with Gasteiger partial charge in [0.05, 0.1) is 10.8 Å². The van der Waals surface area contributed by atoms with Gasteiger partial charge in [0.2, 0.25) is 0 Å². The van der Waals surface area contributed by atoms with Crippen LogP contribution in [0.1, 0.15) is 0 Å². The maximum atomic E-state index is 13.0. The molecule has 1 N–H and O–H groups in total. The molecule has 4 nitrogen and oxygen atoms in total. The highest BCUT2D eigenvalue weighted by Gasteiger charge is 2.10. The zero-order valence-corrected chi connectivity index (χ0v) is 14.6. The summed E-state index contributed by atoms with van der Waals surface area (Å²) in [4.78, 5) is 24.0. The van der Waals surface area contributed by atoms with Gasteiger partial charge in [0.15, 0.2) is 6.61 Å². The largest absolute Gasteiger partial charge is 0.455 e. The second-order valence-electron chi connectivity index (χ2n) is 4.58. The number of carbonyl (C=O) groups excluding carboxylic acids is 2. The van der Waals surface area contributed by atoms with E-state index in [1.54, 1.807) is 18.2 Å². The SMILES string of the molecule is O=C(COC(=O)CSc1cc(Cl)ccc1Cl)Nc1cccc(F)c1. The lowest BCUT2D eigenvalue weighted by molar-refractivity contribution is -0.144. The predicted molar refractivity (Wildman–Crippen MR) is 93.2 cm³/mol. The molecule has 0 bridgehead atoms. The van der Waals surface area contributed by atoms with Crippen LogP contribution in [0.4, 0.5) is 10.1 Å². The molecular formula is C16H12Cl2FNO3S. The number of ether oxygens (including phenoxy) is 1. The molecule has 0 atom stereocenters. The average molecular weight is 388 g/mol. The molecule has 2 aromatic rings. The number of amides is 1. The number of carbonyl (C=O) groups is 2. The van der Waals surface area contributed by atoms with Crippen molar-refractivity contribution in [1.82, 2.24) is 0 Å². The summed E-state index contributed by atoms with van der Waals surface area (Å²) in [5, 5.41) is 3.40. The Morgan fingerprint density at radius 1 is 1.17 bits per heavy atom. The van der Waals surface area contributed by atoms with Crippen molar-refractivity contribution in [3.8, 4) is 0 Å². The summed E-state index contributed by atoms with van der Waals surface area (Å²) in [6.45, 7) is -0.459. The highest BCUT2D eigenvalue weighted by molar-refractivity contribution is 8.00. The van der Waals surface area contributed by atoms with E-state index >= 15 is 0 Å². The van der Waals surface area contributed by atoms with Crippen LogP contribution in [0.2, 0.25) is 10.0 Å². The zero-order chi connectivity index (χ0) is 17.5. The molecule has 24 heavy (non-hydrogen) atoms. The number of hydrogen-bond donors (Lipinski definition) is 1. The van der Waals surface area contributed by atoms with E-state index in [4.69, 9.17) is 27.9 Å². The number of nitrogens with one attached hydrogen (secondary N) is 1. The normalized spacial score (nSPS) is 10.3. The van der Waals surface area contributed by atoms with Crippen LogP contribution in [0.5, 0.6) is 0 Å². The number of halogens is 3. The van der Waals surface area contributed by atoms with Crippen molar-refractivity contribution in [2.75, 3.05) is 17.7 Å². The molecule has 2 rings (SSSR count). The summed E-state index contributed by atoms with van der Waals surface area (Å²) in [5.41, 5.74) is 0.288. The van der Waals surface area contributed by atoms with Crippen LogP contribution in [0.3, 0.4) is 0 Å². The molecule has 0 spiro atoms. The number of anilines is 1. The Hall–Kier alpha value is -1.76. The molecule has 8 heteroatoms. The van der Waals surface area contributed by atoms with Crippen LogP contribution in [0.15, 0.2) is 47.4 Å². The second-order valence-corrected chi connectivity index (χ2v) is 6.44. The maximum absolute atomic E-state index is 13.0. The van der Waals surface area contributed by atoms with Gasteiger partial charge in [-0.25, -0.2) is 4.39 Å². The molecule has 0 saturated heterocycles. The van der Waals surface area contributed by atoms with Crippen LogP contribution in [0.25, 0.3) is 0 Å². The molecule has 0 unspecified atom stereocenters. The Morgan fingerprint density at radius 3 is 2.71 bits per heavy atom. The van der Waals surface area contributed by atoms with Crippen molar-refractivity contribution >= 4 is 52.5 Å². The first-order valence-electron chi connectivity index (χ1n) is 6.73. The Labute approximate surface area is 152 Å². The van der Waals surface area contributed by atoms with Crippen molar-refractivity contribution in [2.45, 2.75) is 4.90 Å². The molecule has 0 aliphatic heterocycles. The summed E-state index contributed by atoms with van der Waals surface area (Å²) in [5.74, 6) is -1.63. The maximum Gasteiger partial charge on any atom is 0.316 e. The van der Waals surface area contributed by atoms with Gasteiger partial charge in [-0.3, -0.25) is 9.59 Å². The fourth-order valence-corrected chi connectivity index (χ4v) is 2.97. The first-order chi connectivity index (χ1) is 11.4. The number of benzene rings is 2. The van der Waals surface area contributed by atoms with Crippen molar-refractivity contribution in [2.24, 2.45) is 0 Å². The van der Waals surface area contributed by atoms with Crippen LogP contribution in [0, 0.1) is 5.82 Å². The van der Waals surface area contributed by atoms with Gasteiger partial charge < -0.3 is 10.1 Å². The summed E-state index contributed by atoms with van der Waals surface area (Å²) >= 11 is 13.0. The third kappa shape index (κ3) is 6.03. The van der Waals surface area contributed by atoms with Crippen molar-refractivity contribution < 1.29 is 18.7 Å². The minimum Gasteiger partial charge on any atom is -0.455 e. The van der Waals surface area contributed by atoms with Gasteiger partial charge in [-0.1, -0.05) is 29.3 Å². The smallest absolute Gasteiger partial charge is 0.316 e. The van der Waals surface area contributed by atoms with E-state index in [2.05, 4.69) is 5.32 Å². The number of rotatable bonds is 6. The molecule has 1 amide bonds. The van der Waals surface area contributed by atoms with Gasteiger partial charge in [0, 0.05) is 15.6 Å². The average Bonchev–Trinajstić information content (AvgIpc) is 2.54. The van der Waals surface area contributed by atoms with Crippen LogP contribution >= 0.6 is 35.0 Å². The van der Waals surface area contributed by atoms with Crippen LogP contribution < -0.4 is 5.32 Å². The number of thioether (sulfide) groups is 1. The Kier molecular flexibility index (Phi) is 6.90. The van der Waals surface area contributed by atoms with E-state index in [0.717, 1.165) is 17.8 Å². The minimum absolute atomic E-state index is 0.0205. The monoisotopic (exact) mass is 387 g/mol. The van der Waals surface area contributed by atoms with E-state index in [1.165, 1.54) is 18.2 Å². The molecule has 126 valence electrons. The number of hydrogen-bond acceptors (Lipinski definition) is 4. The molecule has 0 aromatic heterocycles. The molecule has 0 aliphatic rings. The quantitative estimate of drug-likeness (QED) is 0.589. The fraction of sp³-hybridized carbons (Fsp3) is 0.125. The lowest BCUT2D eigenvalue weighted by atomic mass is 10.3. The Morgan fingerprint density at radius 2 is 1.96 bits per heavy atom. The Bertz CT molecular complexity index is 758. The van der Waals surface area contributed by atoms with Crippen LogP contribution in [-0.2, 0) is 14.3 Å². The first-order valence-corrected chi connectivity index (χ1v) is 8.47. The van der Waals surface area contributed by atoms with Gasteiger partial charge in [0.1, 0.15) is 5.82 Å². The topological polar surface area (TPSA) is 55.4 Å². The minimum atomic E-state index is -0.578. The molecule has 2 aromatic carbocycles. The lowest BCUT2D eigenvalue weighted by Crippen LogP contribution is -2.21. The summed E-state index contributed by atoms with van der Waals surface area (Å²) in [6, 6.07) is 10.3. The summed E-state index contributed by atoms with van der Waals surface area (Å²) < 4.78 is 17.9. The Balaban J connectivity index is 1.76. The molecule has 0 radical (unpaired) electrons. The van der Waals surface area contributed by atoms with E-state index in [9.17, 15) is 14.0 Å². The van der Waals surface area contributed by atoms with Crippen molar-refractivity contribution in [1.29, 1.82) is 0 Å². The third-order valence-electron chi connectivity index (χ3n) is 2.71. The van der Waals surface area contributed by atoms with E-state index in [1.807, 2.05) is 0 Å². The van der Waals surface area contributed by atoms with E-state index in [0.29, 0.717) is 14.9 Å². The van der Waals surface area contributed by atoms with E-state index < -0.39 is 24.3 Å². The summed E-state index contributed by atoms with van der Waals surface area (Å²) in [7, 11) is 0. The molecule has 0 heterocycles. The molecule has 0 fully saturated rings.